The lowest BCUT2D eigenvalue weighted by Gasteiger charge is -2.02. The quantitative estimate of drug-likeness (QED) is 0.626. The van der Waals surface area contributed by atoms with Crippen molar-refractivity contribution < 1.29 is 4.39 Å². The molecule has 1 aliphatic carbocycles. The molecule has 1 aliphatic rings. The van der Waals surface area contributed by atoms with Crippen LogP contribution < -0.4 is 0 Å². The van der Waals surface area contributed by atoms with Gasteiger partial charge in [0.25, 0.3) is 0 Å². The predicted octanol–water partition coefficient (Wildman–Crippen LogP) is 3.60. The molecule has 2 rings (SSSR count). The fourth-order valence-corrected chi connectivity index (χ4v) is 1.89. The Morgan fingerprint density at radius 1 is 1.50 bits per heavy atom. The lowest BCUT2D eigenvalue weighted by molar-refractivity contribution is 0.608. The van der Waals surface area contributed by atoms with E-state index < -0.39 is 0 Å². The molecule has 0 aliphatic heterocycles. The molecule has 0 N–H and O–H groups in total. The zero-order valence-electron chi connectivity index (χ0n) is 6.85. The second kappa shape index (κ2) is 2.74. The summed E-state index contributed by atoms with van der Waals surface area (Å²) >= 11 is 5.89. The first-order valence-corrected chi connectivity index (χ1v) is 4.52. The average molecular weight is 185 g/mol. The molecular formula is C10H10ClF. The molecule has 0 unspecified atom stereocenters. The SMILES string of the molecule is C[C@H]1C[C@@H]1c1c(F)cccc1Cl. The Balaban J connectivity index is 2.41. The zero-order valence-corrected chi connectivity index (χ0v) is 7.61. The summed E-state index contributed by atoms with van der Waals surface area (Å²) in [4.78, 5) is 0. The van der Waals surface area contributed by atoms with E-state index in [-0.39, 0.29) is 5.82 Å². The minimum absolute atomic E-state index is 0.156. The van der Waals surface area contributed by atoms with Gasteiger partial charge < -0.3 is 0 Å². The molecule has 0 saturated heterocycles. The summed E-state index contributed by atoms with van der Waals surface area (Å²) in [6.45, 7) is 2.12. The molecule has 1 aromatic rings. The van der Waals surface area contributed by atoms with E-state index in [4.69, 9.17) is 11.6 Å². The maximum absolute atomic E-state index is 13.2. The topological polar surface area (TPSA) is 0 Å². The molecule has 12 heavy (non-hydrogen) atoms. The van der Waals surface area contributed by atoms with Crippen LogP contribution in [0.1, 0.15) is 24.8 Å². The molecule has 1 saturated carbocycles. The van der Waals surface area contributed by atoms with Crippen molar-refractivity contribution in [3.63, 3.8) is 0 Å². The van der Waals surface area contributed by atoms with Gasteiger partial charge >= 0.3 is 0 Å². The largest absolute Gasteiger partial charge is 0.207 e. The Hall–Kier alpha value is -0.560. The van der Waals surface area contributed by atoms with Gasteiger partial charge in [0.1, 0.15) is 5.82 Å². The fourth-order valence-electron chi connectivity index (χ4n) is 1.59. The van der Waals surface area contributed by atoms with Gasteiger partial charge in [-0.25, -0.2) is 4.39 Å². The Morgan fingerprint density at radius 2 is 2.17 bits per heavy atom. The van der Waals surface area contributed by atoms with E-state index in [0.717, 1.165) is 6.42 Å². The summed E-state index contributed by atoms with van der Waals surface area (Å²) in [5.74, 6) is 0.801. The molecule has 0 radical (unpaired) electrons. The smallest absolute Gasteiger partial charge is 0.128 e. The minimum Gasteiger partial charge on any atom is -0.207 e. The van der Waals surface area contributed by atoms with Gasteiger partial charge in [0.15, 0.2) is 0 Å². The van der Waals surface area contributed by atoms with Gasteiger partial charge in [-0.05, 0) is 30.4 Å². The van der Waals surface area contributed by atoms with Gasteiger partial charge in [0, 0.05) is 10.6 Å². The summed E-state index contributed by atoms with van der Waals surface area (Å²) in [5.41, 5.74) is 0.715. The molecule has 0 bridgehead atoms. The van der Waals surface area contributed by atoms with Crippen LogP contribution in [0.4, 0.5) is 4.39 Å². The average Bonchev–Trinajstić information content (AvgIpc) is 2.67. The second-order valence-electron chi connectivity index (χ2n) is 3.45. The van der Waals surface area contributed by atoms with Crippen molar-refractivity contribution in [1.29, 1.82) is 0 Å². The highest BCUT2D eigenvalue weighted by Crippen LogP contribution is 2.49. The Morgan fingerprint density at radius 3 is 2.67 bits per heavy atom. The molecule has 0 amide bonds. The van der Waals surface area contributed by atoms with E-state index in [1.807, 2.05) is 0 Å². The lowest BCUT2D eigenvalue weighted by Crippen LogP contribution is -1.89. The van der Waals surface area contributed by atoms with E-state index in [2.05, 4.69) is 6.92 Å². The monoisotopic (exact) mass is 184 g/mol. The Labute approximate surface area is 76.4 Å². The first kappa shape index (κ1) is 8.06. The third-order valence-electron chi connectivity index (χ3n) is 2.48. The molecule has 0 nitrogen and oxygen atoms in total. The van der Waals surface area contributed by atoms with Crippen molar-refractivity contribution >= 4 is 11.6 Å². The maximum Gasteiger partial charge on any atom is 0.128 e. The van der Waals surface area contributed by atoms with Gasteiger partial charge in [-0.2, -0.15) is 0 Å². The van der Waals surface area contributed by atoms with E-state index in [0.29, 0.717) is 22.4 Å². The van der Waals surface area contributed by atoms with Crippen molar-refractivity contribution in [2.24, 2.45) is 5.92 Å². The van der Waals surface area contributed by atoms with Gasteiger partial charge in [-0.15, -0.1) is 0 Å². The van der Waals surface area contributed by atoms with Crippen molar-refractivity contribution in [2.75, 3.05) is 0 Å². The third-order valence-corrected chi connectivity index (χ3v) is 2.81. The number of hydrogen-bond acceptors (Lipinski definition) is 0. The summed E-state index contributed by atoms with van der Waals surface area (Å²) in [6, 6.07) is 4.88. The second-order valence-corrected chi connectivity index (χ2v) is 3.86. The van der Waals surface area contributed by atoms with Gasteiger partial charge in [-0.3, -0.25) is 0 Å². The summed E-state index contributed by atoms with van der Waals surface area (Å²) < 4.78 is 13.2. The van der Waals surface area contributed by atoms with Crippen LogP contribution in [0, 0.1) is 11.7 Å². The molecule has 1 aromatic carbocycles. The molecule has 2 heteroatoms. The summed E-state index contributed by atoms with van der Waals surface area (Å²) in [7, 11) is 0. The predicted molar refractivity (Wildman–Crippen MR) is 47.9 cm³/mol. The minimum atomic E-state index is -0.156. The third kappa shape index (κ3) is 1.22. The molecule has 64 valence electrons. The number of rotatable bonds is 1. The number of halogens is 2. The number of hydrogen-bond donors (Lipinski definition) is 0. The van der Waals surface area contributed by atoms with E-state index in [9.17, 15) is 4.39 Å². The standard InChI is InChI=1S/C10H10ClF/c1-6-5-7(6)10-8(11)3-2-4-9(10)12/h2-4,6-7H,5H2,1H3/t6-,7-/m0/s1. The normalized spacial score (nSPS) is 27.2. The highest BCUT2D eigenvalue weighted by atomic mass is 35.5. The first-order chi connectivity index (χ1) is 5.70. The highest BCUT2D eigenvalue weighted by Gasteiger charge is 2.37. The van der Waals surface area contributed by atoms with Crippen molar-refractivity contribution in [3.05, 3.63) is 34.6 Å². The summed E-state index contributed by atoms with van der Waals surface area (Å²) in [5, 5.41) is 0.573. The van der Waals surface area contributed by atoms with Crippen molar-refractivity contribution in [1.82, 2.24) is 0 Å². The molecule has 0 spiro atoms. The van der Waals surface area contributed by atoms with Crippen LogP contribution in [0.25, 0.3) is 0 Å². The van der Waals surface area contributed by atoms with Crippen molar-refractivity contribution in [3.8, 4) is 0 Å². The van der Waals surface area contributed by atoms with Crippen LogP contribution in [0.3, 0.4) is 0 Å². The first-order valence-electron chi connectivity index (χ1n) is 4.14. The molecule has 0 aromatic heterocycles. The number of benzene rings is 1. The van der Waals surface area contributed by atoms with Crippen LogP contribution in [-0.4, -0.2) is 0 Å². The molecular weight excluding hydrogens is 175 g/mol. The molecule has 1 fully saturated rings. The summed E-state index contributed by atoms with van der Waals surface area (Å²) in [6.07, 6.45) is 1.07. The molecule has 2 atom stereocenters. The van der Waals surface area contributed by atoms with Gasteiger partial charge in [0.05, 0.1) is 0 Å². The maximum atomic E-state index is 13.2. The van der Waals surface area contributed by atoms with Crippen LogP contribution in [0.2, 0.25) is 5.02 Å². The van der Waals surface area contributed by atoms with E-state index in [1.54, 1.807) is 12.1 Å². The zero-order chi connectivity index (χ0) is 8.72. The van der Waals surface area contributed by atoms with Crippen LogP contribution in [-0.2, 0) is 0 Å². The van der Waals surface area contributed by atoms with E-state index >= 15 is 0 Å². The van der Waals surface area contributed by atoms with E-state index in [1.165, 1.54) is 6.07 Å². The fraction of sp³-hybridized carbons (Fsp3) is 0.400. The Bertz CT molecular complexity index is 288. The van der Waals surface area contributed by atoms with Crippen LogP contribution >= 0.6 is 11.6 Å². The highest BCUT2D eigenvalue weighted by molar-refractivity contribution is 6.31. The van der Waals surface area contributed by atoms with Crippen molar-refractivity contribution in [2.45, 2.75) is 19.3 Å². The Kier molecular flexibility index (Phi) is 1.84. The molecule has 0 heterocycles. The van der Waals surface area contributed by atoms with Crippen LogP contribution in [0.15, 0.2) is 18.2 Å². The van der Waals surface area contributed by atoms with Gasteiger partial charge in [0.2, 0.25) is 0 Å². The van der Waals surface area contributed by atoms with Gasteiger partial charge in [-0.1, -0.05) is 24.6 Å². The lowest BCUT2D eigenvalue weighted by atomic mass is 10.1. The van der Waals surface area contributed by atoms with Crippen LogP contribution in [0.5, 0.6) is 0 Å².